The maximum atomic E-state index is 17.9. The van der Waals surface area contributed by atoms with Gasteiger partial charge in [0.05, 0.1) is 23.2 Å². The van der Waals surface area contributed by atoms with Gasteiger partial charge in [0.1, 0.15) is 42.1 Å². The van der Waals surface area contributed by atoms with Gasteiger partial charge in [0, 0.05) is 74.1 Å². The molecule has 2 N–H and O–H groups in total. The van der Waals surface area contributed by atoms with E-state index in [-0.39, 0.29) is 68.7 Å². The number of nitrogens with one attached hydrogen (secondary N) is 1. The molecule has 13 nitrogen and oxygen atoms in total. The van der Waals surface area contributed by atoms with Gasteiger partial charge in [-0.15, -0.1) is 5.54 Å². The van der Waals surface area contributed by atoms with Crippen LogP contribution in [0.25, 0.3) is 32.9 Å². The summed E-state index contributed by atoms with van der Waals surface area (Å²) in [7, 11) is -2.37. The highest BCUT2D eigenvalue weighted by Crippen LogP contribution is 2.47. The van der Waals surface area contributed by atoms with Crippen molar-refractivity contribution in [3.05, 3.63) is 47.7 Å². The summed E-state index contributed by atoms with van der Waals surface area (Å²) in [5, 5.41) is 15.2. The van der Waals surface area contributed by atoms with Crippen molar-refractivity contribution in [3.63, 3.8) is 0 Å². The maximum Gasteiger partial charge on any atom is 0.412 e. The smallest absolute Gasteiger partial charge is 0.412 e. The van der Waals surface area contributed by atoms with E-state index in [1.54, 1.807) is 50.8 Å². The monoisotopic (exact) mass is 970 g/mol. The van der Waals surface area contributed by atoms with Crippen LogP contribution in [0.3, 0.4) is 0 Å². The minimum atomic E-state index is -2.37. The minimum absolute atomic E-state index is 0.0139. The summed E-state index contributed by atoms with van der Waals surface area (Å²) in [5.74, 6) is 2.36. The molecule has 0 radical (unpaired) electrons. The van der Waals surface area contributed by atoms with Crippen LogP contribution in [-0.4, -0.2) is 119 Å². The van der Waals surface area contributed by atoms with Crippen molar-refractivity contribution in [1.29, 1.82) is 0 Å². The Morgan fingerprint density at radius 1 is 0.899 bits per heavy atom. The van der Waals surface area contributed by atoms with Crippen LogP contribution < -0.4 is 15.0 Å². The number of piperidine rings is 1. The van der Waals surface area contributed by atoms with Gasteiger partial charge in [0.25, 0.3) is 0 Å². The molecular weight excluding hydrogens is 897 g/mol. The summed E-state index contributed by atoms with van der Waals surface area (Å²) >= 11 is 0. The molecule has 2 aromatic carbocycles. The fraction of sp³-hybridized carbons (Fsp3) is 0.604. The lowest BCUT2D eigenvalue weighted by atomic mass is 9.94. The molecule has 2 amide bonds. The number of aromatic nitrogens is 3. The summed E-state index contributed by atoms with van der Waals surface area (Å²) in [6.45, 7) is 30.2. The van der Waals surface area contributed by atoms with Gasteiger partial charge in [-0.05, 0) is 114 Å². The Bertz CT molecular complexity index is 2620. The largest absolute Gasteiger partial charge is 0.463 e. The van der Waals surface area contributed by atoms with Gasteiger partial charge in [0.2, 0.25) is 0 Å². The summed E-state index contributed by atoms with van der Waals surface area (Å²) < 4.78 is 52.1. The highest BCUT2D eigenvalue weighted by molar-refractivity contribution is 6.90. The van der Waals surface area contributed by atoms with Crippen LogP contribution in [0.4, 0.5) is 29.9 Å². The molecule has 4 heterocycles. The van der Waals surface area contributed by atoms with E-state index in [1.807, 2.05) is 25.7 Å². The van der Waals surface area contributed by atoms with Crippen LogP contribution in [0.5, 0.6) is 6.01 Å². The predicted octanol–water partition coefficient (Wildman–Crippen LogP) is 11.1. The number of carbonyl (C=O) groups is 2. The summed E-state index contributed by atoms with van der Waals surface area (Å²) in [6.07, 6.45) is 3.63. The second-order valence-electron chi connectivity index (χ2n) is 22.9. The van der Waals surface area contributed by atoms with Crippen LogP contribution in [-0.2, 0) is 9.47 Å². The van der Waals surface area contributed by atoms with Crippen LogP contribution in [0, 0.1) is 28.5 Å². The van der Waals surface area contributed by atoms with Gasteiger partial charge in [-0.2, -0.15) is 9.97 Å². The Balaban J connectivity index is 1.32. The second kappa shape index (κ2) is 19.6. The maximum absolute atomic E-state index is 17.9. The number of benzene rings is 2. The topological polar surface area (TPSA) is 142 Å². The number of hydrogen-bond donors (Lipinski definition) is 2. The van der Waals surface area contributed by atoms with E-state index in [0.29, 0.717) is 74.1 Å². The fourth-order valence-corrected chi connectivity index (χ4v) is 15.6. The standard InChI is InChI=1S/C53H73F2N7O6Si/c1-33(2)69(34(3)4,35(5)6)26-17-38-41(54)16-15-36-27-37(57-48(63)67-50(7,8)9)28-39(42(36)38)44-43(55)45-40(29-56-44)46(62-21-14-18-52(13,65)30-62)59-47(58-45)66-32-53(19-20-53)31-60-22-24-61(25-23-60)49(64)68-51(10,11)12/h15-16,27-29,33-35,65H,14,18-25,30-32H2,1-13H3,(H,57,63)/t52-/m1/s1. The highest BCUT2D eigenvalue weighted by Gasteiger charge is 2.46. The number of rotatable bonds is 11. The Kier molecular flexibility index (Phi) is 14.7. The molecule has 16 heteroatoms. The zero-order valence-corrected chi connectivity index (χ0v) is 44.0. The first-order valence-electron chi connectivity index (χ1n) is 24.7. The van der Waals surface area contributed by atoms with E-state index in [2.05, 4.69) is 63.2 Å². The number of piperazine rings is 1. The molecule has 1 atom stereocenters. The first kappa shape index (κ1) is 51.7. The molecule has 69 heavy (non-hydrogen) atoms. The third-order valence-corrected chi connectivity index (χ3v) is 20.2. The number of hydrogen-bond acceptors (Lipinski definition) is 11. The molecule has 1 aliphatic carbocycles. The highest BCUT2D eigenvalue weighted by atomic mass is 28.3. The number of β-amino-alcohol motifs (C(OH)–C–C–N with tert-alkyl or cyclic N) is 1. The van der Waals surface area contributed by atoms with E-state index in [9.17, 15) is 14.7 Å². The van der Waals surface area contributed by atoms with E-state index >= 15 is 8.78 Å². The Hall–Kier alpha value is -5.11. The number of fused-ring (bicyclic) bond motifs is 2. The van der Waals surface area contributed by atoms with Crippen LogP contribution >= 0.6 is 0 Å². The third kappa shape index (κ3) is 11.7. The molecule has 2 aliphatic heterocycles. The molecule has 0 unspecified atom stereocenters. The Morgan fingerprint density at radius 2 is 1.55 bits per heavy atom. The zero-order valence-electron chi connectivity index (χ0n) is 43.0. The molecular formula is C53H73F2N7O6Si. The molecule has 1 saturated carbocycles. The van der Waals surface area contributed by atoms with Gasteiger partial charge in [0.15, 0.2) is 5.82 Å². The number of halogens is 2. The van der Waals surface area contributed by atoms with Gasteiger partial charge >= 0.3 is 18.2 Å². The van der Waals surface area contributed by atoms with Crippen molar-refractivity contribution < 1.29 is 37.7 Å². The first-order chi connectivity index (χ1) is 32.2. The molecule has 2 aromatic heterocycles. The number of pyridine rings is 1. The lowest BCUT2D eigenvalue weighted by Gasteiger charge is -2.38. The summed E-state index contributed by atoms with van der Waals surface area (Å²) in [5.41, 5.74) is 2.38. The number of carbonyl (C=O) groups excluding carboxylic acids is 2. The van der Waals surface area contributed by atoms with Gasteiger partial charge in [-0.25, -0.2) is 18.4 Å². The van der Waals surface area contributed by atoms with Crippen molar-refractivity contribution in [1.82, 2.24) is 24.8 Å². The Morgan fingerprint density at radius 3 is 2.14 bits per heavy atom. The summed E-state index contributed by atoms with van der Waals surface area (Å²) in [4.78, 5) is 46.4. The van der Waals surface area contributed by atoms with Crippen LogP contribution in [0.1, 0.15) is 121 Å². The molecule has 2 saturated heterocycles. The van der Waals surface area contributed by atoms with E-state index in [0.717, 1.165) is 19.4 Å². The molecule has 0 spiro atoms. The molecule has 3 fully saturated rings. The fourth-order valence-electron chi connectivity index (χ4n) is 10.4. The van der Waals surface area contributed by atoms with Crippen molar-refractivity contribution in [2.45, 2.75) is 149 Å². The van der Waals surface area contributed by atoms with Crippen LogP contribution in [0.15, 0.2) is 30.5 Å². The normalized spacial score (nSPS) is 19.0. The number of ether oxygens (including phenoxy) is 3. The predicted molar refractivity (Wildman–Crippen MR) is 271 cm³/mol. The van der Waals surface area contributed by atoms with E-state index < -0.39 is 42.6 Å². The Labute approximate surface area is 408 Å². The first-order valence-corrected chi connectivity index (χ1v) is 26.9. The van der Waals surface area contributed by atoms with Crippen LogP contribution in [0.2, 0.25) is 16.6 Å². The van der Waals surface area contributed by atoms with Crippen molar-refractivity contribution >= 4 is 53.4 Å². The van der Waals surface area contributed by atoms with Crippen molar-refractivity contribution in [2.24, 2.45) is 5.41 Å². The number of anilines is 2. The average molecular weight is 970 g/mol. The second-order valence-corrected chi connectivity index (χ2v) is 28.5. The molecule has 3 aliphatic rings. The SMILES string of the molecule is CC(C)[Si](C#Cc1c(F)ccc2cc(NC(=O)OC(C)(C)C)cc(-c3ncc4c(N5CCC[C@@](C)(O)C5)nc(OCC5(CN6CCN(C(=O)OC(C)(C)C)CC6)CC5)nc4c3F)c12)(C(C)C)C(C)C. The van der Waals surface area contributed by atoms with E-state index in [4.69, 9.17) is 29.2 Å². The number of aliphatic hydroxyl groups is 1. The molecule has 0 bridgehead atoms. The zero-order chi connectivity index (χ0) is 50.4. The van der Waals surface area contributed by atoms with E-state index in [1.165, 1.54) is 12.3 Å². The van der Waals surface area contributed by atoms with Gasteiger partial charge in [-0.1, -0.05) is 53.5 Å². The number of amides is 2. The lowest BCUT2D eigenvalue weighted by Crippen LogP contribution is -2.51. The molecule has 374 valence electrons. The van der Waals surface area contributed by atoms with Crippen molar-refractivity contribution in [2.75, 3.05) is 62.6 Å². The molecule has 7 rings (SSSR count). The van der Waals surface area contributed by atoms with Gasteiger partial charge in [-0.3, -0.25) is 15.2 Å². The summed E-state index contributed by atoms with van der Waals surface area (Å²) in [6, 6.07) is 6.22. The van der Waals surface area contributed by atoms with Crippen molar-refractivity contribution in [3.8, 4) is 28.7 Å². The average Bonchev–Trinajstić information content (AvgIpc) is 4.01. The number of nitrogens with zero attached hydrogens (tertiary/aromatic N) is 6. The molecule has 4 aromatic rings. The third-order valence-electron chi connectivity index (χ3n) is 13.9. The minimum Gasteiger partial charge on any atom is -0.463 e. The quantitative estimate of drug-likeness (QED) is 0.110. The van der Waals surface area contributed by atoms with Gasteiger partial charge < -0.3 is 29.1 Å². The lowest BCUT2D eigenvalue weighted by molar-refractivity contribution is 0.0119.